The molecule has 0 saturated heterocycles. The Morgan fingerprint density at radius 1 is 1.56 bits per heavy atom. The van der Waals surface area contributed by atoms with Crippen molar-refractivity contribution >= 4 is 15.9 Å². The van der Waals surface area contributed by atoms with E-state index in [0.29, 0.717) is 12.1 Å². The molecule has 1 fully saturated rings. The van der Waals surface area contributed by atoms with Gasteiger partial charge in [0, 0.05) is 12.6 Å². The van der Waals surface area contributed by atoms with Crippen LogP contribution in [0.15, 0.2) is 21.2 Å². The molecule has 1 saturated carbocycles. The lowest BCUT2D eigenvalue weighted by Crippen LogP contribution is -2.46. The Balaban J connectivity index is 1.75. The highest BCUT2D eigenvalue weighted by Gasteiger charge is 2.30. The first-order valence-corrected chi connectivity index (χ1v) is 6.61. The zero-order valence-electron chi connectivity index (χ0n) is 9.70. The van der Waals surface area contributed by atoms with Crippen LogP contribution >= 0.6 is 15.9 Å². The molecule has 2 rings (SSSR count). The van der Waals surface area contributed by atoms with Gasteiger partial charge in [-0.1, -0.05) is 0 Å². The predicted molar refractivity (Wildman–Crippen MR) is 66.4 cm³/mol. The second kappa shape index (κ2) is 5.34. The van der Waals surface area contributed by atoms with Crippen LogP contribution in [0, 0.1) is 0 Å². The van der Waals surface area contributed by atoms with Crippen molar-refractivity contribution in [3.05, 3.63) is 22.6 Å². The maximum Gasteiger partial charge on any atom is 0.169 e. The third-order valence-corrected chi connectivity index (χ3v) is 3.43. The second-order valence-electron chi connectivity index (χ2n) is 4.28. The van der Waals surface area contributed by atoms with Crippen LogP contribution in [-0.4, -0.2) is 18.8 Å². The van der Waals surface area contributed by atoms with Crippen molar-refractivity contribution in [2.24, 2.45) is 0 Å². The van der Waals surface area contributed by atoms with Gasteiger partial charge in [-0.3, -0.25) is 0 Å². The number of furan rings is 1. The molecule has 16 heavy (non-hydrogen) atoms. The molecule has 1 aromatic rings. The third-order valence-electron chi connectivity index (χ3n) is 3.00. The van der Waals surface area contributed by atoms with Gasteiger partial charge < -0.3 is 14.5 Å². The molecule has 1 N–H and O–H groups in total. The van der Waals surface area contributed by atoms with Gasteiger partial charge in [-0.15, -0.1) is 0 Å². The van der Waals surface area contributed by atoms with E-state index in [1.54, 1.807) is 0 Å². The van der Waals surface area contributed by atoms with E-state index in [9.17, 15) is 0 Å². The Morgan fingerprint density at radius 3 is 2.88 bits per heavy atom. The van der Waals surface area contributed by atoms with Gasteiger partial charge in [-0.2, -0.15) is 0 Å². The fraction of sp³-hybridized carbons (Fsp3) is 0.667. The van der Waals surface area contributed by atoms with Crippen LogP contribution in [0.5, 0.6) is 0 Å². The van der Waals surface area contributed by atoms with E-state index >= 15 is 0 Å². The summed E-state index contributed by atoms with van der Waals surface area (Å²) in [5.74, 6) is 0.978. The quantitative estimate of drug-likeness (QED) is 0.903. The standard InChI is InChI=1S/C12H18BrNO2/c1-3-15-10-6-9(7-10)14-8(2)11-4-5-12(13)16-11/h4-5,8-10,14H,3,6-7H2,1-2H3. The van der Waals surface area contributed by atoms with Gasteiger partial charge >= 0.3 is 0 Å². The SMILES string of the molecule is CCOC1CC(NC(C)c2ccc(Br)o2)C1. The Labute approximate surface area is 105 Å². The third kappa shape index (κ3) is 2.87. The van der Waals surface area contributed by atoms with Crippen LogP contribution in [0.25, 0.3) is 0 Å². The van der Waals surface area contributed by atoms with Crippen molar-refractivity contribution in [3.63, 3.8) is 0 Å². The molecule has 1 aromatic heterocycles. The fourth-order valence-electron chi connectivity index (χ4n) is 2.07. The second-order valence-corrected chi connectivity index (χ2v) is 5.06. The van der Waals surface area contributed by atoms with Gasteiger partial charge in [0.2, 0.25) is 0 Å². The molecule has 1 heterocycles. The summed E-state index contributed by atoms with van der Waals surface area (Å²) < 4.78 is 11.8. The number of hydrogen-bond acceptors (Lipinski definition) is 3. The van der Waals surface area contributed by atoms with Gasteiger partial charge in [0.15, 0.2) is 4.67 Å². The average molecular weight is 288 g/mol. The summed E-state index contributed by atoms with van der Waals surface area (Å²) >= 11 is 3.31. The minimum Gasteiger partial charge on any atom is -0.453 e. The number of ether oxygens (including phenoxy) is 1. The Bertz CT molecular complexity index is 334. The largest absolute Gasteiger partial charge is 0.453 e. The van der Waals surface area contributed by atoms with E-state index in [-0.39, 0.29) is 6.04 Å². The summed E-state index contributed by atoms with van der Waals surface area (Å²) in [4.78, 5) is 0. The maximum atomic E-state index is 5.53. The number of rotatable bonds is 5. The van der Waals surface area contributed by atoms with Crippen LogP contribution in [0.4, 0.5) is 0 Å². The fourth-order valence-corrected chi connectivity index (χ4v) is 2.39. The molecule has 1 aliphatic carbocycles. The molecule has 4 heteroatoms. The van der Waals surface area contributed by atoms with Crippen LogP contribution < -0.4 is 5.32 Å². The lowest BCUT2D eigenvalue weighted by atomic mass is 9.88. The van der Waals surface area contributed by atoms with Crippen LogP contribution in [0.3, 0.4) is 0 Å². The smallest absolute Gasteiger partial charge is 0.169 e. The summed E-state index contributed by atoms with van der Waals surface area (Å²) in [5.41, 5.74) is 0. The van der Waals surface area contributed by atoms with Crippen LogP contribution in [-0.2, 0) is 4.74 Å². The van der Waals surface area contributed by atoms with Crippen molar-refractivity contribution < 1.29 is 9.15 Å². The molecule has 0 amide bonds. The minimum absolute atomic E-state index is 0.263. The van der Waals surface area contributed by atoms with Gasteiger partial charge in [0.1, 0.15) is 5.76 Å². The van der Waals surface area contributed by atoms with E-state index in [1.165, 1.54) is 0 Å². The molecule has 0 radical (unpaired) electrons. The Morgan fingerprint density at radius 2 is 2.31 bits per heavy atom. The zero-order valence-corrected chi connectivity index (χ0v) is 11.3. The number of nitrogens with one attached hydrogen (secondary N) is 1. The average Bonchev–Trinajstić information content (AvgIpc) is 2.61. The summed E-state index contributed by atoms with van der Waals surface area (Å²) in [7, 11) is 0. The Hall–Kier alpha value is -0.320. The van der Waals surface area contributed by atoms with E-state index in [2.05, 4.69) is 28.2 Å². The van der Waals surface area contributed by atoms with E-state index in [0.717, 1.165) is 29.9 Å². The zero-order chi connectivity index (χ0) is 11.5. The monoisotopic (exact) mass is 287 g/mol. The highest BCUT2D eigenvalue weighted by molar-refractivity contribution is 9.10. The summed E-state index contributed by atoms with van der Waals surface area (Å²) in [6, 6.07) is 4.76. The minimum atomic E-state index is 0.263. The van der Waals surface area contributed by atoms with Crippen molar-refractivity contribution in [2.45, 2.75) is 44.9 Å². The van der Waals surface area contributed by atoms with Crippen molar-refractivity contribution in [1.29, 1.82) is 0 Å². The normalized spacial score (nSPS) is 26.4. The lowest BCUT2D eigenvalue weighted by molar-refractivity contribution is -0.0125. The van der Waals surface area contributed by atoms with E-state index in [4.69, 9.17) is 9.15 Å². The van der Waals surface area contributed by atoms with Gasteiger partial charge in [0.05, 0.1) is 12.1 Å². The summed E-state index contributed by atoms with van der Waals surface area (Å²) in [6.07, 6.45) is 2.68. The summed E-state index contributed by atoms with van der Waals surface area (Å²) in [5, 5.41) is 3.54. The van der Waals surface area contributed by atoms with Crippen molar-refractivity contribution in [1.82, 2.24) is 5.32 Å². The van der Waals surface area contributed by atoms with Crippen molar-refractivity contribution in [3.8, 4) is 0 Å². The topological polar surface area (TPSA) is 34.4 Å². The molecule has 3 nitrogen and oxygen atoms in total. The molecule has 0 aromatic carbocycles. The highest BCUT2D eigenvalue weighted by Crippen LogP contribution is 2.27. The highest BCUT2D eigenvalue weighted by atomic mass is 79.9. The number of halogens is 1. The first-order chi connectivity index (χ1) is 7.69. The molecule has 1 aliphatic rings. The van der Waals surface area contributed by atoms with E-state index < -0.39 is 0 Å². The van der Waals surface area contributed by atoms with Crippen LogP contribution in [0.1, 0.15) is 38.5 Å². The maximum absolute atomic E-state index is 5.53. The first kappa shape index (κ1) is 12.1. The van der Waals surface area contributed by atoms with Gasteiger partial charge in [-0.25, -0.2) is 0 Å². The lowest BCUT2D eigenvalue weighted by Gasteiger charge is -2.37. The first-order valence-electron chi connectivity index (χ1n) is 5.82. The molecule has 0 aliphatic heterocycles. The van der Waals surface area contributed by atoms with Crippen LogP contribution in [0.2, 0.25) is 0 Å². The summed E-state index contributed by atoms with van der Waals surface area (Å²) in [6.45, 7) is 4.99. The molecule has 1 unspecified atom stereocenters. The molecule has 0 spiro atoms. The van der Waals surface area contributed by atoms with Crippen molar-refractivity contribution in [2.75, 3.05) is 6.61 Å². The van der Waals surface area contributed by atoms with E-state index in [1.807, 2.05) is 19.1 Å². The molecule has 1 atom stereocenters. The Kier molecular flexibility index (Phi) is 4.05. The molecular formula is C12H18BrNO2. The van der Waals surface area contributed by atoms with Gasteiger partial charge in [-0.05, 0) is 54.8 Å². The van der Waals surface area contributed by atoms with Gasteiger partial charge in [0.25, 0.3) is 0 Å². The molecular weight excluding hydrogens is 270 g/mol. The molecule has 90 valence electrons. The number of hydrogen-bond donors (Lipinski definition) is 1. The molecule has 0 bridgehead atoms. The predicted octanol–water partition coefficient (Wildman–Crippen LogP) is 3.26.